The summed E-state index contributed by atoms with van der Waals surface area (Å²) in [5.74, 6) is -0.548. The van der Waals surface area contributed by atoms with Crippen molar-refractivity contribution in [1.82, 2.24) is 19.5 Å². The first-order chi connectivity index (χ1) is 16.1. The smallest absolute Gasteiger partial charge is 0.339 e. The van der Waals surface area contributed by atoms with E-state index in [9.17, 15) is 18.0 Å². The lowest BCUT2D eigenvalue weighted by Crippen LogP contribution is -2.24. The number of benzene rings is 1. The zero-order valence-corrected chi connectivity index (χ0v) is 20.3. The van der Waals surface area contributed by atoms with Gasteiger partial charge in [-0.3, -0.25) is 4.79 Å². The number of nitrogens with zero attached hydrogens (tertiary/aromatic N) is 3. The van der Waals surface area contributed by atoms with E-state index < -0.39 is 16.0 Å². The molecular weight excluding hydrogens is 456 g/mol. The Kier molecular flexibility index (Phi) is 6.81. The lowest BCUT2D eigenvalue weighted by atomic mass is 10.1. The van der Waals surface area contributed by atoms with E-state index in [1.165, 1.54) is 0 Å². The summed E-state index contributed by atoms with van der Waals surface area (Å²) in [6, 6.07) is 8.66. The van der Waals surface area contributed by atoms with Crippen LogP contribution < -0.4 is 4.72 Å². The maximum Gasteiger partial charge on any atom is 0.339 e. The Morgan fingerprint density at radius 3 is 2.53 bits per heavy atom. The highest BCUT2D eigenvalue weighted by Gasteiger charge is 2.28. The molecule has 0 unspecified atom stereocenters. The molecule has 34 heavy (non-hydrogen) atoms. The number of hydrogen-bond acceptors (Lipinski definition) is 7. The van der Waals surface area contributed by atoms with E-state index in [0.717, 1.165) is 30.4 Å². The Morgan fingerprint density at radius 2 is 1.91 bits per heavy atom. The topological polar surface area (TPSA) is 120 Å². The number of aromatic nitrogens is 3. The minimum absolute atomic E-state index is 0.0926. The number of esters is 1. The van der Waals surface area contributed by atoms with Crippen LogP contribution in [0.5, 0.6) is 0 Å². The average Bonchev–Trinajstić information content (AvgIpc) is 3.54. The lowest BCUT2D eigenvalue weighted by molar-refractivity contribution is 0.0476. The van der Waals surface area contributed by atoms with Gasteiger partial charge in [0.05, 0.1) is 23.4 Å². The van der Waals surface area contributed by atoms with E-state index in [4.69, 9.17) is 9.72 Å². The molecule has 1 aliphatic rings. The number of hydrogen-bond donors (Lipinski definition) is 1. The molecule has 1 N–H and O–H groups in total. The summed E-state index contributed by atoms with van der Waals surface area (Å²) in [5, 5.41) is 5.00. The molecule has 1 aromatic carbocycles. The normalized spacial score (nSPS) is 14.0. The quantitative estimate of drug-likeness (QED) is 0.347. The predicted molar refractivity (Wildman–Crippen MR) is 127 cm³/mol. The number of pyridine rings is 1. The molecule has 10 heteroatoms. The van der Waals surface area contributed by atoms with E-state index >= 15 is 0 Å². The SMILES string of the molecule is CC(C)n1ncc2c(C(=O)OCC(=O)c3ccc(CCNS(C)(=O)=O)cc3)cc(C3CC3)nc21. The third-order valence-electron chi connectivity index (χ3n) is 5.68. The molecule has 0 saturated heterocycles. The molecule has 1 saturated carbocycles. The van der Waals surface area contributed by atoms with Gasteiger partial charge in [-0.2, -0.15) is 5.10 Å². The highest BCUT2D eigenvalue weighted by molar-refractivity contribution is 7.88. The molecule has 180 valence electrons. The second-order valence-corrected chi connectivity index (χ2v) is 10.7. The van der Waals surface area contributed by atoms with Crippen LogP contribution in [0.1, 0.15) is 70.6 Å². The first-order valence-corrected chi connectivity index (χ1v) is 13.1. The van der Waals surface area contributed by atoms with Crippen LogP contribution >= 0.6 is 0 Å². The maximum absolute atomic E-state index is 12.9. The molecule has 0 bridgehead atoms. The van der Waals surface area contributed by atoms with Crippen LogP contribution in [0.4, 0.5) is 0 Å². The van der Waals surface area contributed by atoms with Gasteiger partial charge in [-0.15, -0.1) is 0 Å². The summed E-state index contributed by atoms with van der Waals surface area (Å²) < 4.78 is 31.9. The fourth-order valence-corrected chi connectivity index (χ4v) is 4.18. The van der Waals surface area contributed by atoms with Crippen LogP contribution in [0.3, 0.4) is 0 Å². The second-order valence-electron chi connectivity index (χ2n) is 8.90. The summed E-state index contributed by atoms with van der Waals surface area (Å²) in [5.41, 5.74) is 3.19. The number of carbonyl (C=O) groups excluding carboxylic acids is 2. The number of Topliss-reactive ketones (excluding diaryl/α,β-unsaturated/α-hetero) is 1. The average molecular weight is 485 g/mol. The molecule has 2 heterocycles. The zero-order valence-electron chi connectivity index (χ0n) is 19.4. The molecule has 1 fully saturated rings. The van der Waals surface area contributed by atoms with Crippen molar-refractivity contribution < 1.29 is 22.7 Å². The van der Waals surface area contributed by atoms with Crippen molar-refractivity contribution in [3.05, 3.63) is 58.9 Å². The van der Waals surface area contributed by atoms with E-state index in [1.54, 1.807) is 41.2 Å². The largest absolute Gasteiger partial charge is 0.454 e. The monoisotopic (exact) mass is 484 g/mol. The number of carbonyl (C=O) groups is 2. The minimum atomic E-state index is -3.24. The minimum Gasteiger partial charge on any atom is -0.454 e. The molecule has 0 aliphatic heterocycles. The van der Waals surface area contributed by atoms with E-state index in [0.29, 0.717) is 34.5 Å². The number of ether oxygens (including phenoxy) is 1. The van der Waals surface area contributed by atoms with Crippen LogP contribution in [0.25, 0.3) is 11.0 Å². The fourth-order valence-electron chi connectivity index (χ4n) is 3.70. The van der Waals surface area contributed by atoms with Crippen molar-refractivity contribution in [2.24, 2.45) is 0 Å². The Bertz CT molecular complexity index is 1330. The second kappa shape index (κ2) is 9.63. The number of fused-ring (bicyclic) bond motifs is 1. The number of nitrogens with one attached hydrogen (secondary N) is 1. The molecule has 2 aromatic heterocycles. The predicted octanol–water partition coefficient (Wildman–Crippen LogP) is 3.02. The van der Waals surface area contributed by atoms with Gasteiger partial charge < -0.3 is 4.74 Å². The molecule has 3 aromatic rings. The van der Waals surface area contributed by atoms with Crippen LogP contribution in [0.2, 0.25) is 0 Å². The van der Waals surface area contributed by atoms with Crippen molar-refractivity contribution >= 4 is 32.8 Å². The third kappa shape index (κ3) is 5.68. The van der Waals surface area contributed by atoms with Crippen molar-refractivity contribution in [2.45, 2.75) is 45.1 Å². The molecule has 0 radical (unpaired) electrons. The van der Waals surface area contributed by atoms with Crippen molar-refractivity contribution in [3.63, 3.8) is 0 Å². The highest BCUT2D eigenvalue weighted by atomic mass is 32.2. The van der Waals surface area contributed by atoms with Crippen LogP contribution in [0, 0.1) is 0 Å². The Labute approximate surface area is 198 Å². The number of sulfonamides is 1. The summed E-state index contributed by atoms with van der Waals surface area (Å²) >= 11 is 0. The summed E-state index contributed by atoms with van der Waals surface area (Å²) in [4.78, 5) is 30.2. The van der Waals surface area contributed by atoms with Gasteiger partial charge in [0.15, 0.2) is 18.0 Å². The Balaban J connectivity index is 1.43. The van der Waals surface area contributed by atoms with E-state index in [1.807, 2.05) is 13.8 Å². The highest BCUT2D eigenvalue weighted by Crippen LogP contribution is 2.40. The van der Waals surface area contributed by atoms with Crippen molar-refractivity contribution in [1.29, 1.82) is 0 Å². The van der Waals surface area contributed by atoms with Crippen molar-refractivity contribution in [3.8, 4) is 0 Å². The van der Waals surface area contributed by atoms with Gasteiger partial charge in [0.1, 0.15) is 0 Å². The zero-order chi connectivity index (χ0) is 24.5. The molecule has 0 spiro atoms. The first kappa shape index (κ1) is 24.0. The van der Waals surface area contributed by atoms with Crippen LogP contribution in [-0.4, -0.2) is 54.3 Å². The number of ketones is 1. The van der Waals surface area contributed by atoms with E-state index in [2.05, 4.69) is 9.82 Å². The standard InChI is InChI=1S/C24H28N4O5S/c1-15(2)28-23-20(13-25-28)19(12-21(27-23)17-8-9-17)24(30)33-14-22(29)18-6-4-16(5-7-18)10-11-26-34(3,31)32/h4-7,12-13,15,17,26H,8-11,14H2,1-3H3. The van der Waals surface area contributed by atoms with Gasteiger partial charge >= 0.3 is 5.97 Å². The summed E-state index contributed by atoms with van der Waals surface area (Å²) in [6.45, 7) is 3.90. The molecule has 9 nitrogen and oxygen atoms in total. The van der Waals surface area contributed by atoms with Gasteiger partial charge in [0.25, 0.3) is 0 Å². The number of rotatable bonds is 10. The molecular formula is C24H28N4O5S. The molecule has 1 aliphatic carbocycles. The molecule has 0 atom stereocenters. The van der Waals surface area contributed by atoms with Crippen LogP contribution in [-0.2, 0) is 21.2 Å². The first-order valence-electron chi connectivity index (χ1n) is 11.2. The van der Waals surface area contributed by atoms with Crippen molar-refractivity contribution in [2.75, 3.05) is 19.4 Å². The van der Waals surface area contributed by atoms with Gasteiger partial charge in [-0.25, -0.2) is 27.6 Å². The fraction of sp³-hybridized carbons (Fsp3) is 0.417. The summed E-state index contributed by atoms with van der Waals surface area (Å²) in [7, 11) is -3.24. The van der Waals surface area contributed by atoms with Gasteiger partial charge in [-0.1, -0.05) is 24.3 Å². The van der Waals surface area contributed by atoms with Gasteiger partial charge in [0, 0.05) is 29.8 Å². The van der Waals surface area contributed by atoms with Crippen LogP contribution in [0.15, 0.2) is 36.5 Å². The van der Waals surface area contributed by atoms with Gasteiger partial charge in [-0.05, 0) is 44.7 Å². The Hall–Kier alpha value is -3.11. The third-order valence-corrected chi connectivity index (χ3v) is 6.41. The lowest BCUT2D eigenvalue weighted by Gasteiger charge is -2.10. The summed E-state index contributed by atoms with van der Waals surface area (Å²) in [6.07, 6.45) is 5.32. The Morgan fingerprint density at radius 1 is 1.21 bits per heavy atom. The maximum atomic E-state index is 12.9. The molecule has 4 rings (SSSR count). The van der Waals surface area contributed by atoms with E-state index in [-0.39, 0.29) is 25.0 Å². The van der Waals surface area contributed by atoms with Gasteiger partial charge in [0.2, 0.25) is 10.0 Å². The molecule has 0 amide bonds.